The molecular weight excluding hydrogens is 246 g/mol. The molecule has 0 aliphatic carbocycles. The highest BCUT2D eigenvalue weighted by molar-refractivity contribution is 4.55. The Bertz CT molecular complexity index is 128. The maximum Gasteiger partial charge on any atom is 0.0701 e. The van der Waals surface area contributed by atoms with E-state index in [2.05, 4.69) is 33.0 Å². The molecule has 1 N–H and O–H groups in total. The van der Waals surface area contributed by atoms with E-state index >= 15 is 0 Å². The van der Waals surface area contributed by atoms with Crippen molar-refractivity contribution in [3.63, 3.8) is 0 Å². The van der Waals surface area contributed by atoms with E-state index in [4.69, 9.17) is 18.9 Å². The lowest BCUT2D eigenvalue weighted by Crippen LogP contribution is -2.29. The molecule has 0 saturated carbocycles. The van der Waals surface area contributed by atoms with Gasteiger partial charge in [-0.2, -0.15) is 0 Å². The topological polar surface area (TPSA) is 49.0 Å². The molecule has 0 unspecified atom stereocenters. The van der Waals surface area contributed by atoms with Gasteiger partial charge in [0.1, 0.15) is 0 Å². The van der Waals surface area contributed by atoms with Crippen LogP contribution in [0.1, 0.15) is 27.7 Å². The first-order valence-electron chi connectivity index (χ1n) is 7.20. The molecule has 2 fully saturated rings. The smallest absolute Gasteiger partial charge is 0.0701 e. The molecule has 0 atom stereocenters. The van der Waals surface area contributed by atoms with Gasteiger partial charge in [0.2, 0.25) is 0 Å². The fourth-order valence-corrected chi connectivity index (χ4v) is 1.55. The van der Waals surface area contributed by atoms with E-state index in [0.29, 0.717) is 12.1 Å². The average Bonchev–Trinajstić information content (AvgIpc) is 2.42. The molecule has 2 aliphatic rings. The Balaban J connectivity index is 0.000000256. The summed E-state index contributed by atoms with van der Waals surface area (Å²) in [6, 6.07) is 1.25. The summed E-state index contributed by atoms with van der Waals surface area (Å²) >= 11 is 0. The quantitative estimate of drug-likeness (QED) is 0.828. The minimum Gasteiger partial charge on any atom is -0.377 e. The van der Waals surface area contributed by atoms with Crippen molar-refractivity contribution in [3.05, 3.63) is 0 Å². The molecule has 0 amide bonds. The summed E-state index contributed by atoms with van der Waals surface area (Å²) in [5, 5.41) is 3.31. The van der Waals surface area contributed by atoms with Crippen molar-refractivity contribution in [2.24, 2.45) is 0 Å². The molecule has 2 saturated heterocycles. The predicted octanol–water partition coefficient (Wildman–Crippen LogP) is 1.46. The van der Waals surface area contributed by atoms with Gasteiger partial charge >= 0.3 is 0 Å². The van der Waals surface area contributed by atoms with Crippen molar-refractivity contribution in [3.8, 4) is 0 Å². The number of hydrogen-bond donors (Lipinski definition) is 1. The number of rotatable bonds is 2. The van der Waals surface area contributed by atoms with Crippen LogP contribution in [0.4, 0.5) is 0 Å². The molecule has 0 aromatic rings. The van der Waals surface area contributed by atoms with E-state index in [1.807, 2.05) is 0 Å². The Hall–Kier alpha value is -0.200. The van der Waals surface area contributed by atoms with E-state index < -0.39 is 0 Å². The molecule has 2 aliphatic heterocycles. The van der Waals surface area contributed by atoms with Gasteiger partial charge < -0.3 is 24.3 Å². The normalized spacial score (nSPS) is 19.3. The van der Waals surface area contributed by atoms with Crippen LogP contribution in [-0.2, 0) is 18.9 Å². The molecule has 2 rings (SSSR count). The molecule has 5 nitrogen and oxygen atoms in total. The van der Waals surface area contributed by atoms with Gasteiger partial charge in [0.25, 0.3) is 0 Å². The van der Waals surface area contributed by atoms with Crippen molar-refractivity contribution >= 4 is 0 Å². The Morgan fingerprint density at radius 2 is 0.737 bits per heavy atom. The summed E-state index contributed by atoms with van der Waals surface area (Å²) < 4.78 is 19.8. The molecule has 5 heteroatoms. The van der Waals surface area contributed by atoms with Crippen LogP contribution in [0.25, 0.3) is 0 Å². The molecule has 0 aromatic heterocycles. The predicted molar refractivity (Wildman–Crippen MR) is 76.7 cm³/mol. The van der Waals surface area contributed by atoms with E-state index in [0.717, 1.165) is 52.9 Å². The van der Waals surface area contributed by atoms with Crippen LogP contribution in [-0.4, -0.2) is 64.9 Å². The van der Waals surface area contributed by atoms with Crippen LogP contribution >= 0.6 is 0 Å². The zero-order valence-electron chi connectivity index (χ0n) is 12.9. The van der Waals surface area contributed by atoms with Crippen molar-refractivity contribution in [1.82, 2.24) is 5.32 Å². The van der Waals surface area contributed by atoms with Gasteiger partial charge in [-0.05, 0) is 0 Å². The molecule has 19 heavy (non-hydrogen) atoms. The molecule has 0 spiro atoms. The molecular formula is C14H31NO4. The lowest BCUT2D eigenvalue weighted by molar-refractivity contribution is -0.0334. The highest BCUT2D eigenvalue weighted by Crippen LogP contribution is 1.85. The minimum atomic E-state index is 0.625. The fraction of sp³-hybridized carbons (Fsp3) is 1.00. The first-order chi connectivity index (χ1) is 9.13. The second-order valence-corrected chi connectivity index (χ2v) is 4.93. The van der Waals surface area contributed by atoms with Gasteiger partial charge in [-0.3, -0.25) is 0 Å². The molecule has 0 bridgehead atoms. The van der Waals surface area contributed by atoms with E-state index in [1.165, 1.54) is 0 Å². The molecule has 0 aromatic carbocycles. The Labute approximate surface area is 117 Å². The summed E-state index contributed by atoms with van der Waals surface area (Å²) in [6.07, 6.45) is 0. The van der Waals surface area contributed by atoms with Gasteiger partial charge in [0, 0.05) is 12.1 Å². The van der Waals surface area contributed by atoms with Crippen molar-refractivity contribution in [2.45, 2.75) is 39.8 Å². The third-order valence-corrected chi connectivity index (χ3v) is 2.15. The average molecular weight is 277 g/mol. The fourth-order valence-electron chi connectivity index (χ4n) is 1.55. The van der Waals surface area contributed by atoms with Gasteiger partial charge in [0.05, 0.1) is 52.9 Å². The van der Waals surface area contributed by atoms with Gasteiger partial charge in [0.15, 0.2) is 0 Å². The third-order valence-electron chi connectivity index (χ3n) is 2.15. The van der Waals surface area contributed by atoms with Gasteiger partial charge in [-0.15, -0.1) is 0 Å². The maximum atomic E-state index is 4.94. The highest BCUT2D eigenvalue weighted by atomic mass is 16.6. The van der Waals surface area contributed by atoms with Crippen LogP contribution in [0.2, 0.25) is 0 Å². The first kappa shape index (κ1) is 18.8. The number of ether oxygens (including phenoxy) is 4. The molecule has 0 radical (unpaired) electrons. The van der Waals surface area contributed by atoms with Crippen molar-refractivity contribution < 1.29 is 18.9 Å². The van der Waals surface area contributed by atoms with Crippen LogP contribution in [0.15, 0.2) is 0 Å². The molecule has 2 heterocycles. The van der Waals surface area contributed by atoms with Crippen molar-refractivity contribution in [2.75, 3.05) is 52.9 Å². The third kappa shape index (κ3) is 17.8. The second-order valence-electron chi connectivity index (χ2n) is 4.93. The summed E-state index contributed by atoms with van der Waals surface area (Å²) in [5.74, 6) is 0. The summed E-state index contributed by atoms with van der Waals surface area (Å²) in [7, 11) is 0. The Morgan fingerprint density at radius 1 is 0.526 bits per heavy atom. The van der Waals surface area contributed by atoms with Crippen LogP contribution in [0.3, 0.4) is 0 Å². The number of nitrogens with one attached hydrogen (secondary N) is 1. The summed E-state index contributed by atoms with van der Waals surface area (Å²) in [5.41, 5.74) is 0. The minimum absolute atomic E-state index is 0.625. The summed E-state index contributed by atoms with van der Waals surface area (Å²) in [6.45, 7) is 14.8. The first-order valence-corrected chi connectivity index (χ1v) is 7.20. The lowest BCUT2D eigenvalue weighted by Gasteiger charge is -2.10. The van der Waals surface area contributed by atoms with E-state index in [1.54, 1.807) is 0 Å². The molecule has 116 valence electrons. The Kier molecular flexibility index (Phi) is 14.1. The van der Waals surface area contributed by atoms with Gasteiger partial charge in [-0.25, -0.2) is 0 Å². The largest absolute Gasteiger partial charge is 0.377 e. The van der Waals surface area contributed by atoms with Crippen LogP contribution < -0.4 is 5.32 Å². The maximum absolute atomic E-state index is 4.94. The SMILES string of the molecule is C1COCCO1.C1COCCO1.CC(C)NC(C)C. The van der Waals surface area contributed by atoms with E-state index in [9.17, 15) is 0 Å². The Morgan fingerprint density at radius 3 is 0.789 bits per heavy atom. The number of hydrogen-bond acceptors (Lipinski definition) is 5. The zero-order valence-corrected chi connectivity index (χ0v) is 12.9. The van der Waals surface area contributed by atoms with E-state index in [-0.39, 0.29) is 0 Å². The van der Waals surface area contributed by atoms with Crippen LogP contribution in [0, 0.1) is 0 Å². The van der Waals surface area contributed by atoms with Gasteiger partial charge in [-0.1, -0.05) is 27.7 Å². The highest BCUT2D eigenvalue weighted by Gasteiger charge is 1.95. The monoisotopic (exact) mass is 277 g/mol. The van der Waals surface area contributed by atoms with Crippen LogP contribution in [0.5, 0.6) is 0 Å². The lowest BCUT2D eigenvalue weighted by atomic mass is 10.3. The second kappa shape index (κ2) is 14.2. The zero-order chi connectivity index (χ0) is 14.3. The van der Waals surface area contributed by atoms with Crippen molar-refractivity contribution in [1.29, 1.82) is 0 Å². The standard InChI is InChI=1S/C6H15N.2C4H8O2/c1-5(2)7-6(3)4;2*1-2-6-4-3-5-1/h5-7H,1-4H3;2*1-4H2. The summed E-state index contributed by atoms with van der Waals surface area (Å²) in [4.78, 5) is 0.